The molecule has 0 aromatic heterocycles. The first-order chi connectivity index (χ1) is 5.63. The Balaban J connectivity index is 2.30. The van der Waals surface area contributed by atoms with Crippen molar-refractivity contribution in [3.63, 3.8) is 0 Å². The monoisotopic (exact) mass is 172 g/mol. The minimum absolute atomic E-state index is 0.211. The number of rotatable bonds is 5. The van der Waals surface area contributed by atoms with Crippen molar-refractivity contribution >= 4 is 0 Å². The van der Waals surface area contributed by atoms with Gasteiger partial charge in [0.15, 0.2) is 0 Å². The van der Waals surface area contributed by atoms with Crippen molar-refractivity contribution in [3.8, 4) is 0 Å². The molecule has 0 heterocycles. The predicted molar refractivity (Wildman–Crippen MR) is 49.9 cm³/mol. The van der Waals surface area contributed by atoms with Crippen molar-refractivity contribution < 1.29 is 5.11 Å². The molecule has 0 amide bonds. The van der Waals surface area contributed by atoms with Crippen molar-refractivity contribution in [1.29, 1.82) is 0 Å². The molecule has 4 N–H and O–H groups in total. The summed E-state index contributed by atoms with van der Waals surface area (Å²) in [6.45, 7) is 5.12. The summed E-state index contributed by atoms with van der Waals surface area (Å²) in [6.07, 6.45) is 2.37. The molecule has 2 atom stereocenters. The number of hydrogen-bond acceptors (Lipinski definition) is 3. The molecule has 0 spiro atoms. The summed E-state index contributed by atoms with van der Waals surface area (Å²) in [5.74, 6) is 0.314. The van der Waals surface area contributed by atoms with Crippen LogP contribution in [0.4, 0.5) is 0 Å². The molecule has 0 radical (unpaired) electrons. The lowest BCUT2D eigenvalue weighted by Gasteiger charge is -2.25. The van der Waals surface area contributed by atoms with Crippen molar-refractivity contribution in [2.75, 3.05) is 13.2 Å². The Morgan fingerprint density at radius 3 is 2.42 bits per heavy atom. The first-order valence-corrected chi connectivity index (χ1v) is 4.72. The predicted octanol–water partition coefficient (Wildman–Crippen LogP) is 0.0842. The summed E-state index contributed by atoms with van der Waals surface area (Å²) in [5.41, 5.74) is 5.84. The molecule has 3 heteroatoms. The standard InChI is InChI=1S/C9H20N2O/c1-7(5-12)8(2)11-9(6-10)3-4-9/h7-8,11-12H,3-6,10H2,1-2H3. The van der Waals surface area contributed by atoms with E-state index in [1.165, 1.54) is 12.8 Å². The smallest absolute Gasteiger partial charge is 0.0471 e. The summed E-state index contributed by atoms with van der Waals surface area (Å²) in [4.78, 5) is 0. The second-order valence-corrected chi connectivity index (χ2v) is 4.08. The van der Waals surface area contributed by atoms with Crippen LogP contribution >= 0.6 is 0 Å². The summed E-state index contributed by atoms with van der Waals surface area (Å²) in [5, 5.41) is 12.4. The fraction of sp³-hybridized carbons (Fsp3) is 1.00. The zero-order valence-corrected chi connectivity index (χ0v) is 8.01. The summed E-state index contributed by atoms with van der Waals surface area (Å²) < 4.78 is 0. The molecule has 0 aromatic rings. The van der Waals surface area contributed by atoms with Crippen LogP contribution in [0.5, 0.6) is 0 Å². The third-order valence-corrected chi connectivity index (χ3v) is 2.92. The molecule has 0 aliphatic heterocycles. The van der Waals surface area contributed by atoms with Crippen LogP contribution in [0.1, 0.15) is 26.7 Å². The maximum absolute atomic E-state index is 8.92. The third-order valence-electron chi connectivity index (χ3n) is 2.92. The average Bonchev–Trinajstić information content (AvgIpc) is 2.84. The second kappa shape index (κ2) is 3.73. The van der Waals surface area contributed by atoms with Crippen LogP contribution in [-0.2, 0) is 0 Å². The molecule has 0 aromatic carbocycles. The van der Waals surface area contributed by atoms with E-state index in [9.17, 15) is 0 Å². The maximum atomic E-state index is 8.92. The molecule has 1 aliphatic rings. The van der Waals surface area contributed by atoms with Crippen molar-refractivity contribution in [3.05, 3.63) is 0 Å². The Morgan fingerprint density at radius 1 is 1.50 bits per heavy atom. The van der Waals surface area contributed by atoms with Crippen LogP contribution in [0.25, 0.3) is 0 Å². The maximum Gasteiger partial charge on any atom is 0.0471 e. The van der Waals surface area contributed by atoms with Gasteiger partial charge in [-0.25, -0.2) is 0 Å². The molecule has 1 aliphatic carbocycles. The van der Waals surface area contributed by atoms with E-state index in [1.807, 2.05) is 6.92 Å². The fourth-order valence-electron chi connectivity index (χ4n) is 1.34. The van der Waals surface area contributed by atoms with Crippen LogP contribution in [0.3, 0.4) is 0 Å². The summed E-state index contributed by atoms with van der Waals surface area (Å²) in [7, 11) is 0. The SMILES string of the molecule is CC(CO)C(C)NC1(CN)CC1. The zero-order valence-electron chi connectivity index (χ0n) is 8.01. The molecule has 2 unspecified atom stereocenters. The molecule has 3 nitrogen and oxygen atoms in total. The zero-order chi connectivity index (χ0) is 9.19. The average molecular weight is 172 g/mol. The van der Waals surface area contributed by atoms with Gasteiger partial charge in [-0.1, -0.05) is 6.92 Å². The van der Waals surface area contributed by atoms with Crippen LogP contribution in [-0.4, -0.2) is 29.8 Å². The number of nitrogens with two attached hydrogens (primary N) is 1. The minimum atomic E-state index is 0.211. The van der Waals surface area contributed by atoms with Crippen molar-refractivity contribution in [2.45, 2.75) is 38.3 Å². The van der Waals surface area contributed by atoms with Gasteiger partial charge in [-0.3, -0.25) is 0 Å². The van der Waals surface area contributed by atoms with Gasteiger partial charge in [0.05, 0.1) is 0 Å². The van der Waals surface area contributed by atoms with Gasteiger partial charge >= 0.3 is 0 Å². The second-order valence-electron chi connectivity index (χ2n) is 4.08. The van der Waals surface area contributed by atoms with Crippen LogP contribution in [0.2, 0.25) is 0 Å². The van der Waals surface area contributed by atoms with E-state index in [1.54, 1.807) is 0 Å². The molecule has 12 heavy (non-hydrogen) atoms. The normalized spacial score (nSPS) is 25.0. The lowest BCUT2D eigenvalue weighted by Crippen LogP contribution is -2.46. The Bertz CT molecular complexity index is 145. The molecular weight excluding hydrogens is 152 g/mol. The van der Waals surface area contributed by atoms with E-state index in [0.717, 1.165) is 6.54 Å². The van der Waals surface area contributed by atoms with Crippen LogP contribution in [0, 0.1) is 5.92 Å². The highest BCUT2D eigenvalue weighted by molar-refractivity contribution is 5.04. The Morgan fingerprint density at radius 2 is 2.08 bits per heavy atom. The number of nitrogens with one attached hydrogen (secondary N) is 1. The Labute approximate surface area is 74.3 Å². The third kappa shape index (κ3) is 2.19. The highest BCUT2D eigenvalue weighted by Crippen LogP contribution is 2.34. The van der Waals surface area contributed by atoms with Gasteiger partial charge in [0.2, 0.25) is 0 Å². The first-order valence-electron chi connectivity index (χ1n) is 4.72. The quantitative estimate of drug-likeness (QED) is 0.550. The van der Waals surface area contributed by atoms with Gasteiger partial charge < -0.3 is 16.2 Å². The van der Waals surface area contributed by atoms with Gasteiger partial charge in [0, 0.05) is 24.7 Å². The van der Waals surface area contributed by atoms with E-state index >= 15 is 0 Å². The first kappa shape index (κ1) is 9.96. The number of aliphatic hydroxyl groups excluding tert-OH is 1. The molecule has 1 rings (SSSR count). The van der Waals surface area contributed by atoms with E-state index in [2.05, 4.69) is 12.2 Å². The molecule has 72 valence electrons. The number of hydrogen-bond donors (Lipinski definition) is 3. The van der Waals surface area contributed by atoms with Crippen LogP contribution in [0.15, 0.2) is 0 Å². The summed E-state index contributed by atoms with van der Waals surface area (Å²) in [6, 6.07) is 0.362. The molecule has 0 saturated heterocycles. The lowest BCUT2D eigenvalue weighted by atomic mass is 10.0. The van der Waals surface area contributed by atoms with Gasteiger partial charge in [-0.05, 0) is 25.7 Å². The highest BCUT2D eigenvalue weighted by Gasteiger charge is 2.42. The van der Waals surface area contributed by atoms with Crippen molar-refractivity contribution in [2.24, 2.45) is 11.7 Å². The lowest BCUT2D eigenvalue weighted by molar-refractivity contribution is 0.199. The fourth-order valence-corrected chi connectivity index (χ4v) is 1.34. The minimum Gasteiger partial charge on any atom is -0.396 e. The van der Waals surface area contributed by atoms with Crippen LogP contribution < -0.4 is 11.1 Å². The molecule has 1 fully saturated rings. The Hall–Kier alpha value is -0.120. The Kier molecular flexibility index (Phi) is 3.09. The number of aliphatic hydroxyl groups is 1. The van der Waals surface area contributed by atoms with E-state index in [-0.39, 0.29) is 12.1 Å². The molecule has 0 bridgehead atoms. The molecular formula is C9H20N2O. The largest absolute Gasteiger partial charge is 0.396 e. The topological polar surface area (TPSA) is 58.3 Å². The van der Waals surface area contributed by atoms with E-state index in [4.69, 9.17) is 10.8 Å². The highest BCUT2D eigenvalue weighted by atomic mass is 16.3. The van der Waals surface area contributed by atoms with Crippen molar-refractivity contribution in [1.82, 2.24) is 5.32 Å². The summed E-state index contributed by atoms with van der Waals surface area (Å²) >= 11 is 0. The van der Waals surface area contributed by atoms with Gasteiger partial charge in [0.25, 0.3) is 0 Å². The van der Waals surface area contributed by atoms with Gasteiger partial charge in [-0.15, -0.1) is 0 Å². The molecule has 1 saturated carbocycles. The van der Waals surface area contributed by atoms with Gasteiger partial charge in [-0.2, -0.15) is 0 Å². The van der Waals surface area contributed by atoms with E-state index < -0.39 is 0 Å². The van der Waals surface area contributed by atoms with E-state index in [0.29, 0.717) is 12.0 Å². The van der Waals surface area contributed by atoms with Gasteiger partial charge in [0.1, 0.15) is 0 Å².